The molecule has 6 heteroatoms. The van der Waals surface area contributed by atoms with Gasteiger partial charge in [0.2, 0.25) is 5.24 Å². The fraction of sp³-hybridized carbons (Fsp3) is 0.700. The maximum absolute atomic E-state index is 10.7. The van der Waals surface area contributed by atoms with Crippen LogP contribution in [-0.4, -0.2) is 29.9 Å². The lowest BCUT2D eigenvalue weighted by Gasteiger charge is -2.15. The second-order valence-corrected chi connectivity index (χ2v) is 3.70. The number of carbonyl (C=O) groups is 3. The van der Waals surface area contributed by atoms with Crippen molar-refractivity contribution in [2.45, 2.75) is 39.2 Å². The van der Waals surface area contributed by atoms with Gasteiger partial charge in [-0.1, -0.05) is 0 Å². The molecule has 0 spiro atoms. The molecule has 0 N–H and O–H groups in total. The van der Waals surface area contributed by atoms with E-state index in [1.54, 1.807) is 0 Å². The Morgan fingerprint density at radius 3 is 2.25 bits per heavy atom. The van der Waals surface area contributed by atoms with Crippen LogP contribution in [0.3, 0.4) is 0 Å². The van der Waals surface area contributed by atoms with Crippen molar-refractivity contribution in [1.29, 1.82) is 0 Å². The first-order chi connectivity index (χ1) is 7.41. The molecule has 0 saturated heterocycles. The van der Waals surface area contributed by atoms with Crippen LogP contribution < -0.4 is 0 Å². The summed E-state index contributed by atoms with van der Waals surface area (Å²) < 4.78 is 9.64. The molecule has 0 aromatic rings. The van der Waals surface area contributed by atoms with Crippen LogP contribution in [0.2, 0.25) is 0 Å². The van der Waals surface area contributed by atoms with Crippen LogP contribution in [-0.2, 0) is 23.9 Å². The van der Waals surface area contributed by atoms with E-state index in [9.17, 15) is 14.4 Å². The first-order valence-electron chi connectivity index (χ1n) is 4.90. The van der Waals surface area contributed by atoms with Gasteiger partial charge in [0.1, 0.15) is 12.7 Å². The number of hydrogen-bond donors (Lipinski definition) is 0. The van der Waals surface area contributed by atoms with Crippen molar-refractivity contribution in [2.24, 2.45) is 0 Å². The van der Waals surface area contributed by atoms with Gasteiger partial charge in [-0.2, -0.15) is 0 Å². The predicted molar refractivity (Wildman–Crippen MR) is 56.9 cm³/mol. The van der Waals surface area contributed by atoms with Gasteiger partial charge in [-0.3, -0.25) is 14.4 Å². The Labute approximate surface area is 99.0 Å². The second-order valence-electron chi connectivity index (χ2n) is 3.28. The van der Waals surface area contributed by atoms with Gasteiger partial charge in [-0.05, 0) is 24.4 Å². The minimum Gasteiger partial charge on any atom is -0.462 e. The lowest BCUT2D eigenvalue weighted by molar-refractivity contribution is -0.156. The summed E-state index contributed by atoms with van der Waals surface area (Å²) in [5, 5.41) is -0.436. The molecular weight excluding hydrogens is 236 g/mol. The lowest BCUT2D eigenvalue weighted by atomic mass is 10.1. The molecule has 0 saturated carbocycles. The van der Waals surface area contributed by atoms with Crippen molar-refractivity contribution in [3.63, 3.8) is 0 Å². The minimum atomic E-state index is -0.516. The third kappa shape index (κ3) is 9.45. The number of halogens is 1. The van der Waals surface area contributed by atoms with Crippen LogP contribution in [0.25, 0.3) is 0 Å². The number of carbonyl (C=O) groups excluding carboxylic acids is 3. The van der Waals surface area contributed by atoms with E-state index in [2.05, 4.69) is 0 Å². The zero-order chi connectivity index (χ0) is 12.6. The highest BCUT2D eigenvalue weighted by atomic mass is 35.5. The summed E-state index contributed by atoms with van der Waals surface area (Å²) in [6, 6.07) is 0. The topological polar surface area (TPSA) is 69.7 Å². The number of esters is 2. The molecule has 0 aliphatic heterocycles. The average molecular weight is 251 g/mol. The van der Waals surface area contributed by atoms with E-state index < -0.39 is 23.3 Å². The van der Waals surface area contributed by atoms with Crippen molar-refractivity contribution >= 4 is 28.8 Å². The number of rotatable bonds is 7. The number of hydrogen-bond acceptors (Lipinski definition) is 5. The Morgan fingerprint density at radius 1 is 1.19 bits per heavy atom. The van der Waals surface area contributed by atoms with E-state index in [1.165, 1.54) is 13.8 Å². The predicted octanol–water partition coefficient (Wildman–Crippen LogP) is 1.42. The third-order valence-electron chi connectivity index (χ3n) is 1.70. The molecule has 0 bridgehead atoms. The van der Waals surface area contributed by atoms with Crippen LogP contribution in [0.5, 0.6) is 0 Å². The van der Waals surface area contributed by atoms with Crippen molar-refractivity contribution in [3.8, 4) is 0 Å². The van der Waals surface area contributed by atoms with Gasteiger partial charge in [0.05, 0.1) is 0 Å². The fourth-order valence-electron chi connectivity index (χ4n) is 1.09. The van der Waals surface area contributed by atoms with Crippen LogP contribution in [0.1, 0.15) is 33.1 Å². The van der Waals surface area contributed by atoms with Crippen LogP contribution in [0.15, 0.2) is 0 Å². The molecule has 0 fully saturated rings. The molecule has 0 aromatic carbocycles. The molecule has 0 radical (unpaired) electrons. The second kappa shape index (κ2) is 8.10. The van der Waals surface area contributed by atoms with Crippen LogP contribution in [0, 0.1) is 0 Å². The highest BCUT2D eigenvalue weighted by Gasteiger charge is 2.14. The smallest absolute Gasteiger partial charge is 0.303 e. The SMILES string of the molecule is CC(=O)OCC(CCCC(=O)Cl)OC(C)=O. The van der Waals surface area contributed by atoms with Crippen molar-refractivity contribution in [2.75, 3.05) is 6.61 Å². The molecule has 0 amide bonds. The van der Waals surface area contributed by atoms with Crippen LogP contribution >= 0.6 is 11.6 Å². The van der Waals surface area contributed by atoms with Gasteiger partial charge in [0, 0.05) is 20.3 Å². The summed E-state index contributed by atoms with van der Waals surface area (Å²) in [6.07, 6.45) is 0.615. The fourth-order valence-corrected chi connectivity index (χ4v) is 1.22. The van der Waals surface area contributed by atoms with Gasteiger partial charge in [0.25, 0.3) is 0 Å². The Bertz CT molecular complexity index is 264. The summed E-state index contributed by atoms with van der Waals surface area (Å²) in [4.78, 5) is 31.8. The van der Waals surface area contributed by atoms with Crippen molar-refractivity contribution < 1.29 is 23.9 Å². The van der Waals surface area contributed by atoms with Crippen LogP contribution in [0.4, 0.5) is 0 Å². The largest absolute Gasteiger partial charge is 0.462 e. The quantitative estimate of drug-likeness (QED) is 0.505. The Hall–Kier alpha value is -1.10. The molecule has 16 heavy (non-hydrogen) atoms. The Morgan fingerprint density at radius 2 is 1.81 bits per heavy atom. The van der Waals surface area contributed by atoms with E-state index in [-0.39, 0.29) is 13.0 Å². The highest BCUT2D eigenvalue weighted by Crippen LogP contribution is 2.08. The molecule has 5 nitrogen and oxygen atoms in total. The summed E-state index contributed by atoms with van der Waals surface area (Å²) in [5.74, 6) is -0.889. The van der Waals surface area contributed by atoms with E-state index in [0.717, 1.165) is 0 Å². The molecule has 0 aliphatic rings. The molecule has 0 rings (SSSR count). The Balaban J connectivity index is 3.94. The lowest BCUT2D eigenvalue weighted by Crippen LogP contribution is -2.23. The first kappa shape index (κ1) is 14.9. The monoisotopic (exact) mass is 250 g/mol. The highest BCUT2D eigenvalue weighted by molar-refractivity contribution is 6.63. The van der Waals surface area contributed by atoms with E-state index in [1.807, 2.05) is 0 Å². The molecule has 1 unspecified atom stereocenters. The van der Waals surface area contributed by atoms with Gasteiger partial charge >= 0.3 is 11.9 Å². The summed E-state index contributed by atoms with van der Waals surface area (Å²) >= 11 is 5.16. The maximum Gasteiger partial charge on any atom is 0.303 e. The Kier molecular flexibility index (Phi) is 7.54. The first-order valence-corrected chi connectivity index (χ1v) is 5.28. The van der Waals surface area contributed by atoms with Gasteiger partial charge in [-0.15, -0.1) is 0 Å². The van der Waals surface area contributed by atoms with Gasteiger partial charge in [0.15, 0.2) is 0 Å². The maximum atomic E-state index is 10.7. The van der Waals surface area contributed by atoms with Crippen molar-refractivity contribution in [3.05, 3.63) is 0 Å². The van der Waals surface area contributed by atoms with Crippen molar-refractivity contribution in [1.82, 2.24) is 0 Å². The zero-order valence-electron chi connectivity index (χ0n) is 9.32. The summed E-state index contributed by atoms with van der Waals surface area (Å²) in [6.45, 7) is 2.55. The molecule has 0 aromatic heterocycles. The normalized spacial score (nSPS) is 11.7. The van der Waals surface area contributed by atoms with Gasteiger partial charge < -0.3 is 9.47 Å². The summed E-state index contributed by atoms with van der Waals surface area (Å²) in [5.41, 5.74) is 0. The standard InChI is InChI=1S/C10H15ClO5/c1-7(12)15-6-9(16-8(2)13)4-3-5-10(11)14/h9H,3-6H2,1-2H3. The third-order valence-corrected chi connectivity index (χ3v) is 1.89. The summed E-state index contributed by atoms with van der Waals surface area (Å²) in [7, 11) is 0. The minimum absolute atomic E-state index is 0.00535. The number of ether oxygens (including phenoxy) is 2. The van der Waals surface area contributed by atoms with E-state index in [0.29, 0.717) is 12.8 Å². The van der Waals surface area contributed by atoms with Gasteiger partial charge in [-0.25, -0.2) is 0 Å². The van der Waals surface area contributed by atoms with E-state index >= 15 is 0 Å². The molecular formula is C10H15ClO5. The molecule has 92 valence electrons. The van der Waals surface area contributed by atoms with E-state index in [4.69, 9.17) is 21.1 Å². The molecule has 0 heterocycles. The molecule has 0 aliphatic carbocycles. The average Bonchev–Trinajstić information content (AvgIpc) is 2.12. The molecule has 1 atom stereocenters. The zero-order valence-corrected chi connectivity index (χ0v) is 10.1.